The van der Waals surface area contributed by atoms with Crippen molar-refractivity contribution >= 4 is 22.5 Å². The minimum Gasteiger partial charge on any atom is -0.354 e. The van der Waals surface area contributed by atoms with Gasteiger partial charge in [-0.3, -0.25) is 24.2 Å². The number of hydrogen-bond donors (Lipinski definition) is 1. The van der Waals surface area contributed by atoms with E-state index in [-0.39, 0.29) is 23.8 Å². The molecule has 5 rings (SSSR count). The summed E-state index contributed by atoms with van der Waals surface area (Å²) in [7, 11) is 3.71. The van der Waals surface area contributed by atoms with Crippen molar-refractivity contribution in [3.63, 3.8) is 0 Å². The average Bonchev–Trinajstić information content (AvgIpc) is 3.38. The fourth-order valence-electron chi connectivity index (χ4n) is 4.50. The summed E-state index contributed by atoms with van der Waals surface area (Å²) in [6, 6.07) is 11.9. The molecule has 0 aliphatic carbocycles. The molecule has 8 heteroatoms. The van der Waals surface area contributed by atoms with Crippen LogP contribution in [0.15, 0.2) is 61.2 Å². The second-order valence-corrected chi connectivity index (χ2v) is 9.09. The van der Waals surface area contributed by atoms with Gasteiger partial charge in [-0.1, -0.05) is 12.1 Å². The highest BCUT2D eigenvalue weighted by Crippen LogP contribution is 2.27. The monoisotopic (exact) mass is 468 g/mol. The van der Waals surface area contributed by atoms with E-state index in [0.717, 1.165) is 47.8 Å². The molecule has 35 heavy (non-hydrogen) atoms. The number of aromatic nitrogens is 4. The largest absolute Gasteiger partial charge is 0.354 e. The number of nitrogens with one attached hydrogen (secondary N) is 1. The van der Waals surface area contributed by atoms with E-state index in [2.05, 4.69) is 61.4 Å². The van der Waals surface area contributed by atoms with Crippen molar-refractivity contribution in [1.29, 1.82) is 0 Å². The molecule has 0 bridgehead atoms. The lowest BCUT2D eigenvalue weighted by Crippen LogP contribution is -2.31. The second kappa shape index (κ2) is 9.76. The molecule has 4 heterocycles. The number of fused-ring (bicyclic) bond motifs is 1. The average molecular weight is 469 g/mol. The van der Waals surface area contributed by atoms with Crippen molar-refractivity contribution in [1.82, 2.24) is 30.0 Å². The lowest BCUT2D eigenvalue weighted by atomic mass is 10.0. The number of amides is 1. The fraction of sp³-hybridized carbons (Fsp3) is 0.296. The first-order valence-corrected chi connectivity index (χ1v) is 11.8. The predicted molar refractivity (Wildman–Crippen MR) is 134 cm³/mol. The first kappa shape index (κ1) is 22.9. The van der Waals surface area contributed by atoms with E-state index in [4.69, 9.17) is 0 Å². The standard InChI is InChI=1S/C27H28N6O2/c1-28-27(35)25-6-5-20(15-30-25)26(34)13-23-12-21-11-18(3-4-19(21)14-29-23)22-16-31-33(17-22)24-7-9-32(2)10-8-24/h3-6,11-12,14-17,24H,7-10,13H2,1-2H3,(H,28,35). The van der Waals surface area contributed by atoms with E-state index < -0.39 is 0 Å². The van der Waals surface area contributed by atoms with Gasteiger partial charge in [0.1, 0.15) is 5.69 Å². The molecule has 178 valence electrons. The molecule has 0 radical (unpaired) electrons. The van der Waals surface area contributed by atoms with Crippen molar-refractivity contribution < 1.29 is 9.59 Å². The van der Waals surface area contributed by atoms with Crippen molar-refractivity contribution in [3.05, 3.63) is 78.1 Å². The summed E-state index contributed by atoms with van der Waals surface area (Å²) < 4.78 is 2.10. The molecule has 1 aliphatic heterocycles. The van der Waals surface area contributed by atoms with E-state index >= 15 is 0 Å². The highest BCUT2D eigenvalue weighted by Gasteiger charge is 2.19. The van der Waals surface area contributed by atoms with Crippen LogP contribution in [-0.2, 0) is 6.42 Å². The van der Waals surface area contributed by atoms with E-state index in [1.165, 1.54) is 6.20 Å². The van der Waals surface area contributed by atoms with E-state index in [9.17, 15) is 9.59 Å². The van der Waals surface area contributed by atoms with Gasteiger partial charge < -0.3 is 10.2 Å². The Hall–Kier alpha value is -3.91. The highest BCUT2D eigenvalue weighted by molar-refractivity contribution is 5.99. The number of piperidine rings is 1. The maximum Gasteiger partial charge on any atom is 0.269 e. The quantitative estimate of drug-likeness (QED) is 0.435. The maximum absolute atomic E-state index is 12.8. The zero-order chi connectivity index (χ0) is 24.4. The number of rotatable bonds is 6. The number of carbonyl (C=O) groups is 2. The number of Topliss-reactive ketones (excluding diaryl/α,β-unsaturated/α-hetero) is 1. The van der Waals surface area contributed by atoms with E-state index in [0.29, 0.717) is 17.3 Å². The van der Waals surface area contributed by atoms with Crippen LogP contribution in [0, 0.1) is 0 Å². The van der Waals surface area contributed by atoms with Crippen LogP contribution in [0.2, 0.25) is 0 Å². The van der Waals surface area contributed by atoms with Gasteiger partial charge in [0.15, 0.2) is 5.78 Å². The van der Waals surface area contributed by atoms with Crippen molar-refractivity contribution in [2.24, 2.45) is 0 Å². The molecule has 1 N–H and O–H groups in total. The number of pyridine rings is 2. The van der Waals surface area contributed by atoms with Crippen LogP contribution in [0.3, 0.4) is 0 Å². The Morgan fingerprint density at radius 3 is 2.54 bits per heavy atom. The second-order valence-electron chi connectivity index (χ2n) is 9.09. The van der Waals surface area contributed by atoms with Crippen molar-refractivity contribution in [2.75, 3.05) is 27.2 Å². The van der Waals surface area contributed by atoms with Crippen LogP contribution in [0.1, 0.15) is 45.4 Å². The number of hydrogen-bond acceptors (Lipinski definition) is 6. The Morgan fingerprint density at radius 1 is 0.971 bits per heavy atom. The third-order valence-electron chi connectivity index (χ3n) is 6.66. The van der Waals surface area contributed by atoms with Crippen molar-refractivity contribution in [2.45, 2.75) is 25.3 Å². The number of ketones is 1. The Bertz CT molecular complexity index is 1370. The van der Waals surface area contributed by atoms with E-state index in [1.807, 2.05) is 12.3 Å². The number of nitrogens with zero attached hydrogens (tertiary/aromatic N) is 5. The molecule has 4 aromatic rings. The summed E-state index contributed by atoms with van der Waals surface area (Å²) in [5.74, 6) is -0.378. The number of benzene rings is 1. The minimum atomic E-state index is -0.284. The van der Waals surface area contributed by atoms with Crippen LogP contribution in [0.5, 0.6) is 0 Å². The van der Waals surface area contributed by atoms with Crippen LogP contribution < -0.4 is 5.32 Å². The van der Waals surface area contributed by atoms with Gasteiger partial charge in [-0.25, -0.2) is 0 Å². The van der Waals surface area contributed by atoms with Gasteiger partial charge in [-0.15, -0.1) is 0 Å². The lowest BCUT2D eigenvalue weighted by molar-refractivity contribution is 0.0953. The molecule has 1 fully saturated rings. The third kappa shape index (κ3) is 4.97. The molecule has 0 unspecified atom stereocenters. The Morgan fingerprint density at radius 2 is 1.80 bits per heavy atom. The first-order valence-electron chi connectivity index (χ1n) is 11.8. The molecule has 0 saturated carbocycles. The summed E-state index contributed by atoms with van der Waals surface area (Å²) in [4.78, 5) is 35.3. The van der Waals surface area contributed by atoms with Gasteiger partial charge in [-0.05, 0) is 68.2 Å². The third-order valence-corrected chi connectivity index (χ3v) is 6.66. The summed E-state index contributed by atoms with van der Waals surface area (Å²) >= 11 is 0. The summed E-state index contributed by atoms with van der Waals surface area (Å²) in [5, 5.41) is 9.21. The fourth-order valence-corrected chi connectivity index (χ4v) is 4.50. The Labute approximate surface area is 204 Å². The van der Waals surface area contributed by atoms with Crippen LogP contribution in [0.4, 0.5) is 0 Å². The van der Waals surface area contributed by atoms with Crippen LogP contribution in [-0.4, -0.2) is 63.5 Å². The van der Waals surface area contributed by atoms with Crippen molar-refractivity contribution in [3.8, 4) is 11.1 Å². The number of carbonyl (C=O) groups excluding carboxylic acids is 2. The number of likely N-dealkylation sites (tertiary alicyclic amines) is 1. The van der Waals surface area contributed by atoms with Gasteiger partial charge in [-0.2, -0.15) is 5.10 Å². The van der Waals surface area contributed by atoms with Gasteiger partial charge in [0.2, 0.25) is 0 Å². The Balaban J connectivity index is 1.33. The molecule has 0 spiro atoms. The van der Waals surface area contributed by atoms with Gasteiger partial charge in [0, 0.05) is 47.8 Å². The highest BCUT2D eigenvalue weighted by atomic mass is 16.1. The SMILES string of the molecule is CNC(=O)c1ccc(C(=O)Cc2cc3cc(-c4cnn(C5CCN(C)CC5)c4)ccc3cn2)cn1. The van der Waals surface area contributed by atoms with Crippen LogP contribution in [0.25, 0.3) is 21.9 Å². The molecular formula is C27H28N6O2. The van der Waals surface area contributed by atoms with Gasteiger partial charge in [0.05, 0.1) is 18.7 Å². The first-order chi connectivity index (χ1) is 17.0. The zero-order valence-electron chi connectivity index (χ0n) is 19.9. The molecule has 8 nitrogen and oxygen atoms in total. The lowest BCUT2D eigenvalue weighted by Gasteiger charge is -2.28. The molecule has 3 aromatic heterocycles. The Kier molecular flexibility index (Phi) is 6.37. The van der Waals surface area contributed by atoms with E-state index in [1.54, 1.807) is 25.4 Å². The molecule has 1 aromatic carbocycles. The zero-order valence-corrected chi connectivity index (χ0v) is 19.9. The normalized spacial score (nSPS) is 14.8. The van der Waals surface area contributed by atoms with Crippen LogP contribution >= 0.6 is 0 Å². The summed E-state index contributed by atoms with van der Waals surface area (Å²) in [5.41, 5.74) is 3.60. The predicted octanol–water partition coefficient (Wildman–Crippen LogP) is 3.55. The minimum absolute atomic E-state index is 0.0941. The maximum atomic E-state index is 12.8. The topological polar surface area (TPSA) is 93.0 Å². The molecular weight excluding hydrogens is 440 g/mol. The smallest absolute Gasteiger partial charge is 0.269 e. The summed E-state index contributed by atoms with van der Waals surface area (Å²) in [6.07, 6.45) is 9.70. The molecule has 1 saturated heterocycles. The van der Waals surface area contributed by atoms with Gasteiger partial charge in [0.25, 0.3) is 5.91 Å². The molecule has 1 amide bonds. The molecule has 0 atom stereocenters. The van der Waals surface area contributed by atoms with Gasteiger partial charge >= 0.3 is 0 Å². The molecule has 1 aliphatic rings. The summed E-state index contributed by atoms with van der Waals surface area (Å²) in [6.45, 7) is 2.19.